The fourth-order valence-electron chi connectivity index (χ4n) is 4.58. The molecule has 3 unspecified atom stereocenters. The second-order valence-corrected chi connectivity index (χ2v) is 10.9. The summed E-state index contributed by atoms with van der Waals surface area (Å²) < 4.78 is 33.4. The predicted octanol–water partition coefficient (Wildman–Crippen LogP) is 4.01. The van der Waals surface area contributed by atoms with Gasteiger partial charge >= 0.3 is 0 Å². The molecule has 1 N–H and O–H groups in total. The van der Waals surface area contributed by atoms with Gasteiger partial charge in [0.15, 0.2) is 0 Å². The van der Waals surface area contributed by atoms with Crippen LogP contribution in [0.4, 0.5) is 0 Å². The Morgan fingerprint density at radius 1 is 1.16 bits per heavy atom. The number of ether oxygens (including phenoxy) is 1. The third-order valence-corrected chi connectivity index (χ3v) is 8.38. The van der Waals surface area contributed by atoms with Crippen molar-refractivity contribution in [1.82, 2.24) is 9.21 Å². The molecule has 0 aliphatic heterocycles. The Bertz CT molecular complexity index is 1020. The smallest absolute Gasteiger partial charge is 0.243 e. The Hall–Kier alpha value is -1.35. The van der Waals surface area contributed by atoms with E-state index in [0.29, 0.717) is 36.6 Å². The van der Waals surface area contributed by atoms with Gasteiger partial charge in [-0.2, -0.15) is 4.31 Å². The van der Waals surface area contributed by atoms with Crippen LogP contribution in [0, 0.1) is 5.92 Å². The van der Waals surface area contributed by atoms with Gasteiger partial charge in [0.05, 0.1) is 17.6 Å². The van der Waals surface area contributed by atoms with Gasteiger partial charge < -0.3 is 14.7 Å². The van der Waals surface area contributed by atoms with Gasteiger partial charge in [0.1, 0.15) is 5.75 Å². The highest BCUT2D eigenvalue weighted by Crippen LogP contribution is 2.46. The monoisotopic (exact) mass is 502 g/mol. The van der Waals surface area contributed by atoms with Crippen LogP contribution in [0.1, 0.15) is 24.8 Å². The van der Waals surface area contributed by atoms with Gasteiger partial charge in [0.2, 0.25) is 10.0 Å². The number of rotatable bonds is 7. The van der Waals surface area contributed by atoms with E-state index in [1.165, 1.54) is 10.4 Å². The van der Waals surface area contributed by atoms with Gasteiger partial charge in [-0.15, -0.1) is 12.4 Å². The van der Waals surface area contributed by atoms with Crippen LogP contribution < -0.4 is 4.74 Å². The summed E-state index contributed by atoms with van der Waals surface area (Å²) in [5.74, 6) is 0.474. The van der Waals surface area contributed by atoms with Crippen molar-refractivity contribution >= 4 is 34.0 Å². The summed E-state index contributed by atoms with van der Waals surface area (Å²) in [5.41, 5.74) is -0.350. The van der Waals surface area contributed by atoms with Gasteiger partial charge in [-0.3, -0.25) is 0 Å². The van der Waals surface area contributed by atoms with Gasteiger partial charge in [-0.1, -0.05) is 35.9 Å². The minimum Gasteiger partial charge on any atom is -0.496 e. The van der Waals surface area contributed by atoms with E-state index >= 15 is 0 Å². The topological polar surface area (TPSA) is 70.1 Å². The summed E-state index contributed by atoms with van der Waals surface area (Å²) in [4.78, 5) is 2.20. The van der Waals surface area contributed by atoms with Crippen LogP contribution in [0.3, 0.4) is 0 Å². The van der Waals surface area contributed by atoms with Gasteiger partial charge in [-0.05, 0) is 57.6 Å². The third kappa shape index (κ3) is 5.41. The lowest BCUT2D eigenvalue weighted by atomic mass is 9.69. The first-order valence-electron chi connectivity index (χ1n) is 10.3. The van der Waals surface area contributed by atoms with Crippen LogP contribution in [0.15, 0.2) is 53.4 Å². The molecule has 0 amide bonds. The summed E-state index contributed by atoms with van der Waals surface area (Å²) in [7, 11) is 3.42. The average Bonchev–Trinajstić information content (AvgIpc) is 2.74. The zero-order valence-electron chi connectivity index (χ0n) is 18.9. The summed E-state index contributed by atoms with van der Waals surface area (Å²) in [6.45, 7) is 0.621. The first-order chi connectivity index (χ1) is 14.6. The highest BCUT2D eigenvalue weighted by molar-refractivity contribution is 7.89. The molecule has 1 saturated carbocycles. The first kappa shape index (κ1) is 26.9. The SMILES string of the molecule is COc1ccccc1C1(O)CCC(N(C)S(=O)(=O)c2cccc(Cl)c2)CC1CN(C)C.Cl. The van der Waals surface area contributed by atoms with Crippen molar-refractivity contribution in [2.24, 2.45) is 5.92 Å². The lowest BCUT2D eigenvalue weighted by molar-refractivity contribution is -0.0756. The first-order valence-corrected chi connectivity index (χ1v) is 12.2. The zero-order chi connectivity index (χ0) is 22.8. The lowest BCUT2D eigenvalue weighted by Gasteiger charge is -2.46. The number of halogens is 2. The summed E-state index contributed by atoms with van der Waals surface area (Å²) in [6.07, 6.45) is 1.50. The van der Waals surface area contributed by atoms with Crippen molar-refractivity contribution in [2.45, 2.75) is 35.8 Å². The van der Waals surface area contributed by atoms with E-state index in [-0.39, 0.29) is 29.3 Å². The molecule has 2 aromatic carbocycles. The van der Waals surface area contributed by atoms with Gasteiger partial charge in [0, 0.05) is 36.1 Å². The number of para-hydroxylation sites is 1. The quantitative estimate of drug-likeness (QED) is 0.619. The van der Waals surface area contributed by atoms with Crippen molar-refractivity contribution in [3.63, 3.8) is 0 Å². The Morgan fingerprint density at radius 3 is 2.47 bits per heavy atom. The normalized spacial score (nSPS) is 23.8. The minimum absolute atomic E-state index is 0. The number of hydrogen-bond acceptors (Lipinski definition) is 5. The van der Waals surface area contributed by atoms with Crippen LogP contribution in [-0.4, -0.2) is 63.6 Å². The van der Waals surface area contributed by atoms with E-state index in [9.17, 15) is 13.5 Å². The summed E-state index contributed by atoms with van der Waals surface area (Å²) in [6, 6.07) is 13.6. The third-order valence-electron chi connectivity index (χ3n) is 6.24. The number of nitrogens with zero attached hydrogens (tertiary/aromatic N) is 2. The molecule has 0 spiro atoms. The Balaban J connectivity index is 0.00000363. The number of sulfonamides is 1. The molecule has 1 aliphatic carbocycles. The lowest BCUT2D eigenvalue weighted by Crippen LogP contribution is -2.51. The molecule has 0 radical (unpaired) electrons. The predicted molar refractivity (Wildman–Crippen MR) is 130 cm³/mol. The number of methoxy groups -OCH3 is 1. The van der Waals surface area contributed by atoms with Crippen LogP contribution in [0.25, 0.3) is 0 Å². The van der Waals surface area contributed by atoms with Crippen LogP contribution in [0.5, 0.6) is 5.75 Å². The molecule has 1 aliphatic rings. The molecule has 0 bridgehead atoms. The Kier molecular flexibility index (Phi) is 9.01. The largest absolute Gasteiger partial charge is 0.496 e. The van der Waals surface area contributed by atoms with E-state index in [1.807, 2.05) is 43.3 Å². The van der Waals surface area contributed by atoms with E-state index in [1.54, 1.807) is 32.4 Å². The van der Waals surface area contributed by atoms with Crippen molar-refractivity contribution in [2.75, 3.05) is 34.8 Å². The van der Waals surface area contributed by atoms with Crippen LogP contribution in [0.2, 0.25) is 5.02 Å². The molecule has 0 aromatic heterocycles. The van der Waals surface area contributed by atoms with Gasteiger partial charge in [-0.25, -0.2) is 8.42 Å². The zero-order valence-corrected chi connectivity index (χ0v) is 21.3. The number of benzene rings is 2. The molecule has 1 fully saturated rings. The molecule has 0 saturated heterocycles. The summed E-state index contributed by atoms with van der Waals surface area (Å²) >= 11 is 6.02. The molecule has 3 atom stereocenters. The maximum Gasteiger partial charge on any atom is 0.243 e. The highest BCUT2D eigenvalue weighted by Gasteiger charge is 2.47. The van der Waals surface area contributed by atoms with Crippen LogP contribution >= 0.6 is 24.0 Å². The maximum atomic E-state index is 13.2. The minimum atomic E-state index is -3.70. The van der Waals surface area contributed by atoms with Gasteiger partial charge in [0.25, 0.3) is 0 Å². The van der Waals surface area contributed by atoms with Crippen molar-refractivity contribution in [3.05, 3.63) is 59.1 Å². The van der Waals surface area contributed by atoms with E-state index in [2.05, 4.69) is 0 Å². The van der Waals surface area contributed by atoms with Crippen LogP contribution in [-0.2, 0) is 15.6 Å². The Labute approximate surface area is 202 Å². The molecule has 2 aromatic rings. The Morgan fingerprint density at radius 2 is 1.84 bits per heavy atom. The van der Waals surface area contributed by atoms with Crippen molar-refractivity contribution in [3.8, 4) is 5.75 Å². The van der Waals surface area contributed by atoms with Crippen molar-refractivity contribution < 1.29 is 18.3 Å². The molecule has 6 nitrogen and oxygen atoms in total. The molecular formula is C23H32Cl2N2O4S. The maximum absolute atomic E-state index is 13.2. The molecule has 178 valence electrons. The van der Waals surface area contributed by atoms with E-state index < -0.39 is 15.6 Å². The van der Waals surface area contributed by atoms with E-state index in [4.69, 9.17) is 16.3 Å². The number of aliphatic hydroxyl groups is 1. The second kappa shape index (κ2) is 10.7. The molecule has 3 rings (SSSR count). The number of hydrogen-bond donors (Lipinski definition) is 1. The molecule has 0 heterocycles. The highest BCUT2D eigenvalue weighted by atomic mass is 35.5. The molecule has 9 heteroatoms. The van der Waals surface area contributed by atoms with Crippen molar-refractivity contribution in [1.29, 1.82) is 0 Å². The fraction of sp³-hybridized carbons (Fsp3) is 0.478. The molecular weight excluding hydrogens is 471 g/mol. The molecule has 32 heavy (non-hydrogen) atoms. The average molecular weight is 503 g/mol. The fourth-order valence-corrected chi connectivity index (χ4v) is 6.27. The van der Waals surface area contributed by atoms with E-state index in [0.717, 1.165) is 5.56 Å². The second-order valence-electron chi connectivity index (χ2n) is 8.49. The standard InChI is InChI=1S/C23H31ClN2O4S.ClH/c1-25(2)16-17-14-19(26(3)31(28,29)20-9-7-8-18(24)15-20)12-13-23(17,27)21-10-5-6-11-22(21)30-4;/h5-11,15,17,19,27H,12-14,16H2,1-4H3;1H. The summed E-state index contributed by atoms with van der Waals surface area (Å²) in [5, 5.41) is 12.2.